The van der Waals surface area contributed by atoms with Crippen molar-refractivity contribution in [1.29, 1.82) is 0 Å². The third-order valence-electron chi connectivity index (χ3n) is 4.41. The summed E-state index contributed by atoms with van der Waals surface area (Å²) in [5, 5.41) is 12.0. The van der Waals surface area contributed by atoms with Crippen LogP contribution in [-0.2, 0) is 4.79 Å². The first-order chi connectivity index (χ1) is 10.1. The summed E-state index contributed by atoms with van der Waals surface area (Å²) in [6.45, 7) is 1.33. The lowest BCUT2D eigenvalue weighted by Crippen LogP contribution is -2.53. The van der Waals surface area contributed by atoms with Crippen LogP contribution in [0.1, 0.15) is 32.1 Å². The van der Waals surface area contributed by atoms with Gasteiger partial charge in [-0.1, -0.05) is 12.8 Å². The van der Waals surface area contributed by atoms with E-state index in [1.54, 1.807) is 16.7 Å². The molecule has 1 heterocycles. The molecule has 1 saturated heterocycles. The Bertz CT molecular complexity index is 386. The van der Waals surface area contributed by atoms with Gasteiger partial charge in [0.15, 0.2) is 0 Å². The molecule has 5 nitrogen and oxygen atoms in total. The molecule has 0 spiro atoms. The summed E-state index contributed by atoms with van der Waals surface area (Å²) >= 11 is 3.57. The van der Waals surface area contributed by atoms with Crippen LogP contribution in [0.5, 0.6) is 0 Å². The summed E-state index contributed by atoms with van der Waals surface area (Å²) in [7, 11) is 0. The number of carboxylic acids is 1. The van der Waals surface area contributed by atoms with E-state index in [2.05, 4.69) is 11.6 Å². The van der Waals surface area contributed by atoms with Gasteiger partial charge in [-0.25, -0.2) is 4.79 Å². The molecule has 0 bridgehead atoms. The van der Waals surface area contributed by atoms with E-state index in [0.29, 0.717) is 18.8 Å². The molecule has 1 aliphatic carbocycles. The number of aliphatic carboxylic acids is 1. The lowest BCUT2D eigenvalue weighted by molar-refractivity contribution is -0.137. The van der Waals surface area contributed by atoms with E-state index in [0.717, 1.165) is 18.6 Å². The first kappa shape index (κ1) is 16.8. The van der Waals surface area contributed by atoms with Crippen LogP contribution in [0.3, 0.4) is 0 Å². The third-order valence-corrected chi connectivity index (χ3v) is 6.92. The number of thioether (sulfide) groups is 2. The molecule has 0 aromatic rings. The van der Waals surface area contributed by atoms with Crippen LogP contribution >= 0.6 is 23.5 Å². The quantitative estimate of drug-likeness (QED) is 0.808. The van der Waals surface area contributed by atoms with Crippen LogP contribution in [0.4, 0.5) is 4.79 Å². The molecule has 2 fully saturated rings. The first-order valence-electron chi connectivity index (χ1n) is 7.45. The Kier molecular flexibility index (Phi) is 6.10. The lowest BCUT2D eigenvalue weighted by Gasteiger charge is -2.36. The Hall–Kier alpha value is -0.560. The highest BCUT2D eigenvalue weighted by Crippen LogP contribution is 2.39. The molecule has 1 unspecified atom stereocenters. The van der Waals surface area contributed by atoms with Crippen molar-refractivity contribution in [2.75, 3.05) is 30.9 Å². The molecule has 7 heteroatoms. The van der Waals surface area contributed by atoms with Crippen molar-refractivity contribution in [3.05, 3.63) is 0 Å². The van der Waals surface area contributed by atoms with Gasteiger partial charge >= 0.3 is 12.0 Å². The standard InChI is InChI=1S/C14H24N2O3S2/c1-20-14(4-2-3-5-14)10-15-13(19)16-6-7-21-9-11(16)8-12(17)18/h11H,2-10H2,1H3,(H,15,19)(H,17,18). The van der Waals surface area contributed by atoms with Gasteiger partial charge in [-0.15, -0.1) is 0 Å². The number of carbonyl (C=O) groups is 2. The minimum absolute atomic E-state index is 0.0358. The van der Waals surface area contributed by atoms with Gasteiger partial charge in [0.2, 0.25) is 0 Å². The van der Waals surface area contributed by atoms with E-state index in [-0.39, 0.29) is 23.2 Å². The molecule has 0 aromatic carbocycles. The van der Waals surface area contributed by atoms with Crippen molar-refractivity contribution >= 4 is 35.5 Å². The Morgan fingerprint density at radius 3 is 2.76 bits per heavy atom. The van der Waals surface area contributed by atoms with Gasteiger partial charge < -0.3 is 15.3 Å². The molecule has 120 valence electrons. The van der Waals surface area contributed by atoms with Crippen LogP contribution < -0.4 is 5.32 Å². The number of amides is 2. The summed E-state index contributed by atoms with van der Waals surface area (Å²) in [6, 6.07) is -0.281. The molecular weight excluding hydrogens is 308 g/mol. The highest BCUT2D eigenvalue weighted by Gasteiger charge is 2.35. The fourth-order valence-electron chi connectivity index (χ4n) is 3.10. The van der Waals surface area contributed by atoms with Gasteiger partial charge in [0.25, 0.3) is 0 Å². The molecule has 1 aliphatic heterocycles. The molecule has 1 atom stereocenters. The second-order valence-corrected chi connectivity index (χ2v) is 8.20. The van der Waals surface area contributed by atoms with E-state index in [1.165, 1.54) is 12.8 Å². The van der Waals surface area contributed by atoms with E-state index in [4.69, 9.17) is 5.11 Å². The van der Waals surface area contributed by atoms with Crippen molar-refractivity contribution in [2.24, 2.45) is 0 Å². The Balaban J connectivity index is 1.89. The van der Waals surface area contributed by atoms with Crippen molar-refractivity contribution < 1.29 is 14.7 Å². The topological polar surface area (TPSA) is 69.6 Å². The number of nitrogens with one attached hydrogen (secondary N) is 1. The van der Waals surface area contributed by atoms with E-state index in [1.807, 2.05) is 11.8 Å². The molecule has 2 rings (SSSR count). The predicted molar refractivity (Wildman–Crippen MR) is 88.2 cm³/mol. The molecule has 0 aromatic heterocycles. The number of carboxylic acid groups (broad SMARTS) is 1. The summed E-state index contributed by atoms with van der Waals surface area (Å²) in [4.78, 5) is 25.1. The van der Waals surface area contributed by atoms with E-state index >= 15 is 0 Å². The second kappa shape index (κ2) is 7.63. The molecule has 2 aliphatic rings. The average molecular weight is 332 g/mol. The molecule has 2 amide bonds. The van der Waals surface area contributed by atoms with Gasteiger partial charge in [-0.3, -0.25) is 4.79 Å². The number of hydrogen-bond acceptors (Lipinski definition) is 4. The van der Waals surface area contributed by atoms with Gasteiger partial charge in [0.1, 0.15) is 0 Å². The number of carbonyl (C=O) groups excluding carboxylic acids is 1. The molecular formula is C14H24N2O3S2. The maximum Gasteiger partial charge on any atom is 0.317 e. The summed E-state index contributed by atoms with van der Waals surface area (Å²) in [6.07, 6.45) is 6.93. The SMILES string of the molecule is CSC1(CNC(=O)N2CCSCC2CC(=O)O)CCCC1. The largest absolute Gasteiger partial charge is 0.481 e. The number of rotatable bonds is 5. The van der Waals surface area contributed by atoms with Crippen LogP contribution in [0.15, 0.2) is 0 Å². The smallest absolute Gasteiger partial charge is 0.317 e. The van der Waals surface area contributed by atoms with Gasteiger partial charge in [-0.2, -0.15) is 23.5 Å². The maximum atomic E-state index is 12.4. The second-order valence-electron chi connectivity index (χ2n) is 5.77. The highest BCUT2D eigenvalue weighted by atomic mass is 32.2. The lowest BCUT2D eigenvalue weighted by atomic mass is 10.1. The molecule has 0 radical (unpaired) electrons. The van der Waals surface area contributed by atoms with Crippen LogP contribution in [0, 0.1) is 0 Å². The first-order valence-corrected chi connectivity index (χ1v) is 9.83. The van der Waals surface area contributed by atoms with Crippen molar-refractivity contribution in [3.63, 3.8) is 0 Å². The van der Waals surface area contributed by atoms with Crippen molar-refractivity contribution in [3.8, 4) is 0 Å². The zero-order chi connectivity index (χ0) is 15.3. The zero-order valence-electron chi connectivity index (χ0n) is 12.5. The Labute approximate surface area is 134 Å². The van der Waals surface area contributed by atoms with Crippen LogP contribution in [-0.4, -0.2) is 63.6 Å². The van der Waals surface area contributed by atoms with Crippen LogP contribution in [0.2, 0.25) is 0 Å². The average Bonchev–Trinajstić information content (AvgIpc) is 2.94. The zero-order valence-corrected chi connectivity index (χ0v) is 14.1. The van der Waals surface area contributed by atoms with Crippen LogP contribution in [0.25, 0.3) is 0 Å². The van der Waals surface area contributed by atoms with E-state index in [9.17, 15) is 9.59 Å². The number of hydrogen-bond donors (Lipinski definition) is 2. The van der Waals surface area contributed by atoms with Crippen molar-refractivity contribution in [1.82, 2.24) is 10.2 Å². The normalized spacial score (nSPS) is 24.8. The number of nitrogens with zero attached hydrogens (tertiary/aromatic N) is 1. The predicted octanol–water partition coefficient (Wildman–Crippen LogP) is 2.26. The van der Waals surface area contributed by atoms with Crippen molar-refractivity contribution in [2.45, 2.75) is 42.9 Å². The minimum atomic E-state index is -0.836. The fourth-order valence-corrected chi connectivity index (χ4v) is 5.08. The highest BCUT2D eigenvalue weighted by molar-refractivity contribution is 8.00. The summed E-state index contributed by atoms with van der Waals surface area (Å²) in [5.41, 5.74) is 0. The monoisotopic (exact) mass is 332 g/mol. The Morgan fingerprint density at radius 2 is 2.14 bits per heavy atom. The maximum absolute atomic E-state index is 12.4. The summed E-state index contributed by atoms with van der Waals surface area (Å²) < 4.78 is 0.183. The van der Waals surface area contributed by atoms with Gasteiger partial charge in [0.05, 0.1) is 12.5 Å². The molecule has 1 saturated carbocycles. The molecule has 21 heavy (non-hydrogen) atoms. The van der Waals surface area contributed by atoms with Gasteiger partial charge in [0, 0.05) is 29.3 Å². The third kappa shape index (κ3) is 4.45. The van der Waals surface area contributed by atoms with Gasteiger partial charge in [-0.05, 0) is 19.1 Å². The Morgan fingerprint density at radius 1 is 1.43 bits per heavy atom. The fraction of sp³-hybridized carbons (Fsp3) is 0.857. The minimum Gasteiger partial charge on any atom is -0.481 e. The molecule has 2 N–H and O–H groups in total. The number of urea groups is 1. The summed E-state index contributed by atoms with van der Waals surface area (Å²) in [5.74, 6) is 0.765. The van der Waals surface area contributed by atoms with E-state index < -0.39 is 5.97 Å².